The number of alkyl carbamates (subject to hydrolysis) is 1. The number of alkyl halides is 1. The van der Waals surface area contributed by atoms with Gasteiger partial charge in [-0.05, 0) is 34.6 Å². The second-order valence-electron chi connectivity index (χ2n) is 8.50. The standard InChI is InChI=1S/C20H29FN2O7/c1-7-28-16(25)13-12-11(21)9-20(14(12)13,17(26)29-8-2)23-15(24)10(3)22-18(27)30-19(4,5)6/h7,10-14H,1,8-9H2,2-6H3,(H,22,27)(H,23,24)/t10-,11-,12+,13+,14+,20?/m1/s1. The maximum absolute atomic E-state index is 14.7. The maximum atomic E-state index is 14.7. The summed E-state index contributed by atoms with van der Waals surface area (Å²) in [4.78, 5) is 49.6. The molecule has 0 aromatic rings. The Morgan fingerprint density at radius 1 is 1.30 bits per heavy atom. The first-order chi connectivity index (χ1) is 13.9. The van der Waals surface area contributed by atoms with Gasteiger partial charge in [-0.1, -0.05) is 6.58 Å². The van der Waals surface area contributed by atoms with Crippen LogP contribution in [0.1, 0.15) is 41.0 Å². The summed E-state index contributed by atoms with van der Waals surface area (Å²) in [5, 5.41) is 4.90. The summed E-state index contributed by atoms with van der Waals surface area (Å²) in [7, 11) is 0. The number of hydrogen-bond acceptors (Lipinski definition) is 7. The molecule has 0 spiro atoms. The highest BCUT2D eigenvalue weighted by Gasteiger charge is 2.76. The van der Waals surface area contributed by atoms with Gasteiger partial charge in [0.1, 0.15) is 23.4 Å². The average molecular weight is 428 g/mol. The zero-order valence-electron chi connectivity index (χ0n) is 17.8. The topological polar surface area (TPSA) is 120 Å². The number of halogens is 1. The van der Waals surface area contributed by atoms with Crippen molar-refractivity contribution < 1.29 is 37.8 Å². The Morgan fingerprint density at radius 3 is 2.47 bits per heavy atom. The Kier molecular flexibility index (Phi) is 6.78. The molecule has 6 atom stereocenters. The summed E-state index contributed by atoms with van der Waals surface area (Å²) in [6.45, 7) is 11.3. The molecule has 2 fully saturated rings. The van der Waals surface area contributed by atoms with E-state index in [-0.39, 0.29) is 13.0 Å². The van der Waals surface area contributed by atoms with Gasteiger partial charge in [-0.2, -0.15) is 0 Å². The van der Waals surface area contributed by atoms with Crippen molar-refractivity contribution in [1.29, 1.82) is 0 Å². The molecule has 0 aliphatic heterocycles. The molecule has 168 valence electrons. The minimum atomic E-state index is -1.73. The highest BCUT2D eigenvalue weighted by Crippen LogP contribution is 2.64. The molecule has 0 bridgehead atoms. The molecule has 0 radical (unpaired) electrons. The third kappa shape index (κ3) is 4.73. The molecule has 2 rings (SSSR count). The number of ether oxygens (including phenoxy) is 3. The zero-order chi connectivity index (χ0) is 22.9. The van der Waals surface area contributed by atoms with Crippen molar-refractivity contribution in [2.75, 3.05) is 6.61 Å². The van der Waals surface area contributed by atoms with E-state index in [1.54, 1.807) is 27.7 Å². The van der Waals surface area contributed by atoms with E-state index in [9.17, 15) is 23.6 Å². The highest BCUT2D eigenvalue weighted by molar-refractivity contribution is 5.94. The lowest BCUT2D eigenvalue weighted by Gasteiger charge is -2.32. The Morgan fingerprint density at radius 2 is 1.93 bits per heavy atom. The first-order valence-electron chi connectivity index (χ1n) is 9.82. The van der Waals surface area contributed by atoms with Crippen LogP contribution in [0.25, 0.3) is 0 Å². The van der Waals surface area contributed by atoms with Gasteiger partial charge in [-0.25, -0.2) is 14.0 Å². The van der Waals surface area contributed by atoms with Gasteiger partial charge in [-0.3, -0.25) is 9.59 Å². The highest BCUT2D eigenvalue weighted by atomic mass is 19.1. The fourth-order valence-electron chi connectivity index (χ4n) is 4.01. The molecule has 30 heavy (non-hydrogen) atoms. The fourth-order valence-corrected chi connectivity index (χ4v) is 4.01. The number of amides is 2. The summed E-state index contributed by atoms with van der Waals surface area (Å²) < 4.78 is 29.6. The molecule has 10 heteroatoms. The number of esters is 2. The molecular formula is C20H29FN2O7. The molecule has 0 heterocycles. The molecule has 0 saturated heterocycles. The van der Waals surface area contributed by atoms with E-state index < -0.39 is 65.0 Å². The maximum Gasteiger partial charge on any atom is 0.408 e. The van der Waals surface area contributed by atoms with Gasteiger partial charge in [0, 0.05) is 18.3 Å². The largest absolute Gasteiger partial charge is 0.464 e. The van der Waals surface area contributed by atoms with E-state index >= 15 is 0 Å². The molecule has 2 aliphatic carbocycles. The minimum Gasteiger partial charge on any atom is -0.464 e. The number of rotatable bonds is 7. The van der Waals surface area contributed by atoms with Gasteiger partial charge in [0.05, 0.1) is 18.8 Å². The number of nitrogens with one attached hydrogen (secondary N) is 2. The first kappa shape index (κ1) is 23.6. The van der Waals surface area contributed by atoms with Gasteiger partial charge >= 0.3 is 18.0 Å². The summed E-state index contributed by atoms with van der Waals surface area (Å²) in [6.07, 6.45) is -1.72. The van der Waals surface area contributed by atoms with Crippen LogP contribution >= 0.6 is 0 Å². The van der Waals surface area contributed by atoms with Gasteiger partial charge in [-0.15, -0.1) is 0 Å². The van der Waals surface area contributed by atoms with E-state index in [2.05, 4.69) is 17.2 Å². The third-order valence-electron chi connectivity index (χ3n) is 5.16. The van der Waals surface area contributed by atoms with Crippen LogP contribution in [0.3, 0.4) is 0 Å². The third-order valence-corrected chi connectivity index (χ3v) is 5.16. The summed E-state index contributed by atoms with van der Waals surface area (Å²) in [5.41, 5.74) is -2.49. The van der Waals surface area contributed by atoms with E-state index in [1.807, 2.05) is 0 Å². The second-order valence-corrected chi connectivity index (χ2v) is 8.50. The zero-order valence-corrected chi connectivity index (χ0v) is 17.8. The van der Waals surface area contributed by atoms with Crippen molar-refractivity contribution in [2.24, 2.45) is 17.8 Å². The Balaban J connectivity index is 2.19. The molecule has 0 aromatic carbocycles. The van der Waals surface area contributed by atoms with Crippen LogP contribution in [-0.4, -0.2) is 53.9 Å². The number of fused-ring (bicyclic) bond motifs is 1. The first-order valence-corrected chi connectivity index (χ1v) is 9.82. The van der Waals surface area contributed by atoms with Gasteiger partial charge in [0.25, 0.3) is 0 Å². The van der Waals surface area contributed by atoms with E-state index in [0.717, 1.165) is 6.26 Å². The van der Waals surface area contributed by atoms with Crippen LogP contribution in [0, 0.1) is 17.8 Å². The Bertz CT molecular complexity index is 735. The summed E-state index contributed by atoms with van der Waals surface area (Å²) >= 11 is 0. The summed E-state index contributed by atoms with van der Waals surface area (Å²) in [5.74, 6) is -4.75. The molecule has 0 aromatic heterocycles. The van der Waals surface area contributed by atoms with E-state index in [1.165, 1.54) is 6.92 Å². The normalized spacial score (nSPS) is 30.3. The molecule has 9 nitrogen and oxygen atoms in total. The lowest BCUT2D eigenvalue weighted by molar-refractivity contribution is -0.155. The predicted octanol–water partition coefficient (Wildman–Crippen LogP) is 1.61. The van der Waals surface area contributed by atoms with Crippen molar-refractivity contribution in [1.82, 2.24) is 10.6 Å². The lowest BCUT2D eigenvalue weighted by atomic mass is 9.89. The predicted molar refractivity (Wildman–Crippen MR) is 103 cm³/mol. The van der Waals surface area contributed by atoms with Crippen molar-refractivity contribution in [2.45, 2.75) is 64.4 Å². The number of carbonyl (C=O) groups is 4. The number of carbonyl (C=O) groups excluding carboxylic acids is 4. The lowest BCUT2D eigenvalue weighted by Crippen LogP contribution is -2.61. The fraction of sp³-hybridized carbons (Fsp3) is 0.700. The van der Waals surface area contributed by atoms with Crippen LogP contribution < -0.4 is 10.6 Å². The van der Waals surface area contributed by atoms with Crippen molar-refractivity contribution >= 4 is 23.9 Å². The number of hydrogen-bond donors (Lipinski definition) is 2. The van der Waals surface area contributed by atoms with Gasteiger partial charge < -0.3 is 24.8 Å². The van der Waals surface area contributed by atoms with Crippen molar-refractivity contribution in [3.63, 3.8) is 0 Å². The quantitative estimate of drug-likeness (QED) is 0.359. The van der Waals surface area contributed by atoms with Crippen LogP contribution in [0.4, 0.5) is 9.18 Å². The SMILES string of the molecule is C=COC(=O)[C@H]1[C@H]2[C@@H]1C(NC(=O)[C@@H](C)NC(=O)OC(C)(C)C)(C(=O)OCC)C[C@H]2F. The minimum absolute atomic E-state index is 0.0122. The van der Waals surface area contributed by atoms with E-state index in [4.69, 9.17) is 14.2 Å². The van der Waals surface area contributed by atoms with Crippen molar-refractivity contribution in [3.05, 3.63) is 12.8 Å². The van der Waals surface area contributed by atoms with Crippen LogP contribution in [-0.2, 0) is 28.6 Å². The van der Waals surface area contributed by atoms with Gasteiger partial charge in [0.15, 0.2) is 0 Å². The molecule has 1 unspecified atom stereocenters. The van der Waals surface area contributed by atoms with Crippen molar-refractivity contribution in [3.8, 4) is 0 Å². The molecule has 2 N–H and O–H groups in total. The molecular weight excluding hydrogens is 399 g/mol. The van der Waals surface area contributed by atoms with E-state index in [0.29, 0.717) is 0 Å². The molecule has 2 amide bonds. The smallest absolute Gasteiger partial charge is 0.408 e. The Hall–Kier alpha value is -2.65. The second kappa shape index (κ2) is 8.61. The molecule has 2 aliphatic rings. The molecule has 2 saturated carbocycles. The van der Waals surface area contributed by atoms with Crippen LogP contribution in [0.15, 0.2) is 12.8 Å². The summed E-state index contributed by atoms with van der Waals surface area (Å²) in [6, 6.07) is -1.08. The average Bonchev–Trinajstić information content (AvgIpc) is 3.29. The monoisotopic (exact) mass is 428 g/mol. The van der Waals surface area contributed by atoms with Crippen LogP contribution in [0.2, 0.25) is 0 Å². The van der Waals surface area contributed by atoms with Gasteiger partial charge in [0.2, 0.25) is 5.91 Å². The van der Waals surface area contributed by atoms with Crippen LogP contribution in [0.5, 0.6) is 0 Å². The Labute approximate surface area is 174 Å².